The van der Waals surface area contributed by atoms with Gasteiger partial charge in [0.05, 0.1) is 17.6 Å². The maximum absolute atomic E-state index is 14.1. The normalized spacial score (nSPS) is 27.8. The maximum Gasteiger partial charge on any atom is 0.325 e. The number of carbonyl (C=O) groups is 6. The van der Waals surface area contributed by atoms with Crippen molar-refractivity contribution < 1.29 is 43.7 Å². The van der Waals surface area contributed by atoms with E-state index < -0.39 is 89.9 Å². The van der Waals surface area contributed by atoms with Gasteiger partial charge in [-0.25, -0.2) is 0 Å². The van der Waals surface area contributed by atoms with Crippen LogP contribution in [0.1, 0.15) is 119 Å². The van der Waals surface area contributed by atoms with Crippen molar-refractivity contribution in [3.63, 3.8) is 0 Å². The molecule has 52 heavy (non-hydrogen) atoms. The number of hydrogen-bond donors (Lipinski definition) is 7. The topological polar surface area (TPSA) is 229 Å². The molecular formula is C37H66N6O9. The smallest absolute Gasteiger partial charge is 0.325 e. The third kappa shape index (κ3) is 14.6. The molecule has 0 spiro atoms. The molecule has 2 rings (SSSR count). The minimum absolute atomic E-state index is 0.00168. The highest BCUT2D eigenvalue weighted by Gasteiger charge is 2.39. The molecule has 15 heteroatoms. The minimum atomic E-state index is -1.49. The molecule has 7 atom stereocenters. The first-order chi connectivity index (χ1) is 24.4. The maximum atomic E-state index is 14.1. The lowest BCUT2D eigenvalue weighted by molar-refractivity contribution is -0.157. The zero-order valence-electron chi connectivity index (χ0n) is 32.4. The van der Waals surface area contributed by atoms with Crippen molar-refractivity contribution in [2.75, 3.05) is 20.1 Å². The zero-order chi connectivity index (χ0) is 39.2. The van der Waals surface area contributed by atoms with Gasteiger partial charge in [-0.2, -0.15) is 0 Å². The van der Waals surface area contributed by atoms with Crippen molar-refractivity contribution in [2.45, 2.75) is 161 Å². The highest BCUT2D eigenvalue weighted by molar-refractivity contribution is 5.96. The Bertz CT molecular complexity index is 1200. The van der Waals surface area contributed by atoms with Crippen molar-refractivity contribution in [2.24, 2.45) is 23.5 Å². The molecule has 2 aliphatic rings. The summed E-state index contributed by atoms with van der Waals surface area (Å²) < 4.78 is 5.80. The summed E-state index contributed by atoms with van der Waals surface area (Å²) >= 11 is 0. The molecular weight excluding hydrogens is 672 g/mol. The Balaban J connectivity index is 2.50. The molecule has 8 N–H and O–H groups in total. The summed E-state index contributed by atoms with van der Waals surface area (Å²) in [6.45, 7) is 9.35. The summed E-state index contributed by atoms with van der Waals surface area (Å²) in [6, 6.07) is -4.76. The number of nitrogens with zero attached hydrogens (tertiary/aromatic N) is 1. The molecule has 298 valence electrons. The molecule has 1 aliphatic carbocycles. The minimum Gasteiger partial charge on any atom is -0.460 e. The van der Waals surface area contributed by atoms with Gasteiger partial charge in [-0.3, -0.25) is 28.8 Å². The van der Waals surface area contributed by atoms with E-state index in [9.17, 15) is 39.0 Å². The summed E-state index contributed by atoms with van der Waals surface area (Å²) in [5.41, 5.74) is 5.12. The van der Waals surface area contributed by atoms with Gasteiger partial charge < -0.3 is 46.9 Å². The fraction of sp³-hybridized carbons (Fsp3) is 0.838. The molecule has 0 aromatic rings. The van der Waals surface area contributed by atoms with Gasteiger partial charge in [0.25, 0.3) is 0 Å². The Labute approximate surface area is 309 Å². The SMILES string of the molecule is CC(C)C[C@H]1C(=O)N[C@@H](C2CCCCC2)C(=O)N[C@@H](CN)C(=O)N[C@@H](C(C)O)C(=O)NCC(=O)O[C@H](CCCCCCC(C)(C)O)[C@@H](C)C(=O)N1C. The highest BCUT2D eigenvalue weighted by Crippen LogP contribution is 2.28. The van der Waals surface area contributed by atoms with Crippen LogP contribution in [-0.2, 0) is 33.5 Å². The second-order valence-electron chi connectivity index (χ2n) is 15.8. The van der Waals surface area contributed by atoms with Gasteiger partial charge in [-0.1, -0.05) is 59.3 Å². The van der Waals surface area contributed by atoms with Crippen molar-refractivity contribution in [1.29, 1.82) is 0 Å². The number of nitrogens with two attached hydrogens (primary N) is 1. The number of hydrogen-bond acceptors (Lipinski definition) is 10. The molecule has 15 nitrogen and oxygen atoms in total. The molecule has 2 fully saturated rings. The first-order valence-electron chi connectivity index (χ1n) is 19.1. The number of cyclic esters (lactones) is 1. The van der Waals surface area contributed by atoms with Gasteiger partial charge in [0.2, 0.25) is 29.5 Å². The number of ether oxygens (including phenoxy) is 1. The summed E-state index contributed by atoms with van der Waals surface area (Å²) in [7, 11) is 1.53. The third-order valence-electron chi connectivity index (χ3n) is 10.1. The van der Waals surface area contributed by atoms with E-state index in [0.29, 0.717) is 38.5 Å². The number of aliphatic hydroxyl groups is 2. The molecule has 1 unspecified atom stereocenters. The van der Waals surface area contributed by atoms with E-state index in [1.165, 1.54) is 18.9 Å². The van der Waals surface area contributed by atoms with Gasteiger partial charge in [0, 0.05) is 13.6 Å². The summed E-state index contributed by atoms with van der Waals surface area (Å²) in [5.74, 6) is -5.16. The van der Waals surface area contributed by atoms with E-state index >= 15 is 0 Å². The second kappa shape index (κ2) is 21.4. The van der Waals surface area contributed by atoms with E-state index in [4.69, 9.17) is 10.5 Å². The van der Waals surface area contributed by atoms with E-state index in [1.807, 2.05) is 13.8 Å². The fourth-order valence-electron chi connectivity index (χ4n) is 6.94. The Morgan fingerprint density at radius 2 is 1.52 bits per heavy atom. The lowest BCUT2D eigenvalue weighted by Gasteiger charge is -2.36. The van der Waals surface area contributed by atoms with Crippen LogP contribution in [-0.4, -0.2) is 113 Å². The standard InChI is InChI=1S/C37H66N6O9/c1-22(2)19-27-33(47)42-31(25-15-11-10-12-16-25)35(49)40-26(20-38)32(46)41-30(24(4)44)34(48)39-21-29(45)52-28(23(3)36(50)43(27)7)17-13-8-9-14-18-37(5,6)51/h22-28,30-31,44,51H,8-21,38H2,1-7H3,(H,39,48)(H,40,49)(H,41,46)(H,42,47)/t23-,24?,26+,27+,28-,30+,31+/m1/s1. The number of likely N-dealkylation sites (N-methyl/N-ethyl adjacent to an activating group) is 1. The van der Waals surface area contributed by atoms with Gasteiger partial charge in [-0.15, -0.1) is 0 Å². The van der Waals surface area contributed by atoms with Crippen LogP contribution in [0.25, 0.3) is 0 Å². The van der Waals surface area contributed by atoms with Crippen LogP contribution in [0, 0.1) is 17.8 Å². The van der Waals surface area contributed by atoms with Gasteiger partial charge >= 0.3 is 5.97 Å². The van der Waals surface area contributed by atoms with Gasteiger partial charge in [0.1, 0.15) is 36.8 Å². The Morgan fingerprint density at radius 3 is 2.10 bits per heavy atom. The molecule has 0 aromatic carbocycles. The third-order valence-corrected chi connectivity index (χ3v) is 10.1. The second-order valence-corrected chi connectivity index (χ2v) is 15.8. The first-order valence-corrected chi connectivity index (χ1v) is 19.1. The first kappa shape index (κ1) is 44.9. The van der Waals surface area contributed by atoms with Crippen LogP contribution in [0.2, 0.25) is 0 Å². The highest BCUT2D eigenvalue weighted by atomic mass is 16.5. The summed E-state index contributed by atoms with van der Waals surface area (Å²) in [5, 5.41) is 30.8. The van der Waals surface area contributed by atoms with Crippen molar-refractivity contribution in [3.8, 4) is 0 Å². The predicted molar refractivity (Wildman–Crippen MR) is 195 cm³/mol. The largest absolute Gasteiger partial charge is 0.460 e. The zero-order valence-corrected chi connectivity index (χ0v) is 32.4. The van der Waals surface area contributed by atoms with Crippen LogP contribution in [0.3, 0.4) is 0 Å². The average molecular weight is 739 g/mol. The summed E-state index contributed by atoms with van der Waals surface area (Å²) in [6.07, 6.45) is 6.06. The molecule has 0 aromatic heterocycles. The molecule has 1 heterocycles. The number of unbranched alkanes of at least 4 members (excludes halogenated alkanes) is 3. The quantitative estimate of drug-likeness (QED) is 0.111. The van der Waals surface area contributed by atoms with Gasteiger partial charge in [0.15, 0.2) is 0 Å². The number of esters is 1. The monoisotopic (exact) mass is 738 g/mol. The molecule has 1 saturated carbocycles. The number of carbonyl (C=O) groups excluding carboxylic acids is 6. The number of aliphatic hydroxyl groups excluding tert-OH is 1. The van der Waals surface area contributed by atoms with Crippen LogP contribution >= 0.6 is 0 Å². The number of rotatable bonds is 12. The van der Waals surface area contributed by atoms with Crippen LogP contribution < -0.4 is 27.0 Å². The van der Waals surface area contributed by atoms with Crippen LogP contribution in [0.5, 0.6) is 0 Å². The Kier molecular flexibility index (Phi) is 18.5. The van der Waals surface area contributed by atoms with E-state index in [1.54, 1.807) is 20.8 Å². The van der Waals surface area contributed by atoms with E-state index in [-0.39, 0.29) is 18.4 Å². The fourth-order valence-corrected chi connectivity index (χ4v) is 6.94. The molecule has 0 bridgehead atoms. The molecule has 0 radical (unpaired) electrons. The van der Waals surface area contributed by atoms with E-state index in [2.05, 4.69) is 21.3 Å². The lowest BCUT2D eigenvalue weighted by atomic mass is 9.83. The van der Waals surface area contributed by atoms with Crippen LogP contribution in [0.15, 0.2) is 0 Å². The van der Waals surface area contributed by atoms with E-state index in [0.717, 1.165) is 38.5 Å². The van der Waals surface area contributed by atoms with Gasteiger partial charge in [-0.05, 0) is 71.1 Å². The lowest BCUT2D eigenvalue weighted by Crippen LogP contribution is -2.62. The molecule has 5 amide bonds. The summed E-state index contributed by atoms with van der Waals surface area (Å²) in [4.78, 5) is 83.0. The average Bonchev–Trinajstić information content (AvgIpc) is 3.08. The predicted octanol–water partition coefficient (Wildman–Crippen LogP) is 1.02. The molecule has 1 saturated heterocycles. The number of amides is 5. The Morgan fingerprint density at radius 1 is 0.885 bits per heavy atom. The van der Waals surface area contributed by atoms with Crippen LogP contribution in [0.4, 0.5) is 0 Å². The molecule has 1 aliphatic heterocycles. The van der Waals surface area contributed by atoms with Crippen molar-refractivity contribution in [3.05, 3.63) is 0 Å². The van der Waals surface area contributed by atoms with Crippen molar-refractivity contribution >= 4 is 35.5 Å². The van der Waals surface area contributed by atoms with Crippen molar-refractivity contribution in [1.82, 2.24) is 26.2 Å². The Hall–Kier alpha value is -3.30. The number of nitrogens with one attached hydrogen (secondary N) is 4.